The monoisotopic (exact) mass is 662 g/mol. The first-order valence-electron chi connectivity index (χ1n) is 17.7. The molecule has 11 rings (SSSR count). The molecule has 242 valence electrons. The third-order valence-electron chi connectivity index (χ3n) is 10.5. The van der Waals surface area contributed by atoms with Crippen LogP contribution in [0.2, 0.25) is 0 Å². The van der Waals surface area contributed by atoms with Gasteiger partial charge < -0.3 is 4.57 Å². The molecule has 0 fully saturated rings. The third kappa shape index (κ3) is 4.21. The first-order valence-corrected chi connectivity index (χ1v) is 17.7. The fraction of sp³-hybridized carbons (Fsp3) is 0. The minimum atomic E-state index is 0.816. The quantitative estimate of drug-likeness (QED) is 0.188. The largest absolute Gasteiger partial charge is 0.309 e. The number of nitrogens with zero attached hydrogens (tertiary/aromatic N) is 4. The van der Waals surface area contributed by atoms with Crippen LogP contribution in [0, 0.1) is 0 Å². The lowest BCUT2D eigenvalue weighted by atomic mass is 10.0. The minimum Gasteiger partial charge on any atom is -0.309 e. The van der Waals surface area contributed by atoms with E-state index in [1.165, 1.54) is 54.5 Å². The van der Waals surface area contributed by atoms with Crippen molar-refractivity contribution in [3.05, 3.63) is 182 Å². The van der Waals surface area contributed by atoms with E-state index >= 15 is 0 Å². The molecular weight excluding hydrogens is 633 g/mol. The summed E-state index contributed by atoms with van der Waals surface area (Å²) < 4.78 is 4.74. The van der Waals surface area contributed by atoms with E-state index < -0.39 is 0 Å². The highest BCUT2D eigenvalue weighted by molar-refractivity contribution is 6.28. The molecule has 0 atom stereocenters. The highest BCUT2D eigenvalue weighted by atomic mass is 15.1. The minimum absolute atomic E-state index is 0.816. The topological polar surface area (TPSA) is 35.6 Å². The fourth-order valence-electron chi connectivity index (χ4n) is 8.20. The maximum atomic E-state index is 5.43. The number of hydrogen-bond donors (Lipinski definition) is 0. The van der Waals surface area contributed by atoms with Gasteiger partial charge in [0.05, 0.1) is 33.1 Å². The molecule has 3 aromatic heterocycles. The zero-order chi connectivity index (χ0) is 34.2. The normalized spacial score (nSPS) is 11.8. The summed E-state index contributed by atoms with van der Waals surface area (Å²) in [4.78, 5) is 10.8. The van der Waals surface area contributed by atoms with Gasteiger partial charge in [0.25, 0.3) is 0 Å². The molecule has 0 radical (unpaired) electrons. The Kier molecular flexibility index (Phi) is 6.22. The van der Waals surface area contributed by atoms with Crippen molar-refractivity contribution in [2.75, 3.05) is 0 Å². The van der Waals surface area contributed by atoms with Crippen LogP contribution in [0.25, 0.3) is 99.3 Å². The van der Waals surface area contributed by atoms with E-state index in [-0.39, 0.29) is 0 Å². The van der Waals surface area contributed by atoms with Crippen LogP contribution in [0.15, 0.2) is 182 Å². The molecule has 0 spiro atoms. The summed E-state index contributed by atoms with van der Waals surface area (Å²) in [5.74, 6) is 0.816. The lowest BCUT2D eigenvalue weighted by molar-refractivity contribution is 1.08. The van der Waals surface area contributed by atoms with E-state index in [2.05, 4.69) is 179 Å². The van der Waals surface area contributed by atoms with Crippen LogP contribution in [0.4, 0.5) is 0 Å². The molecule has 0 aliphatic rings. The highest BCUT2D eigenvalue weighted by Gasteiger charge is 2.22. The van der Waals surface area contributed by atoms with Gasteiger partial charge >= 0.3 is 0 Å². The van der Waals surface area contributed by atoms with Crippen LogP contribution in [0.3, 0.4) is 0 Å². The van der Waals surface area contributed by atoms with Gasteiger partial charge in [0.2, 0.25) is 0 Å². The van der Waals surface area contributed by atoms with Gasteiger partial charge in [-0.2, -0.15) is 0 Å². The summed E-state index contributed by atoms with van der Waals surface area (Å²) in [6.07, 6.45) is 0. The molecule has 0 unspecified atom stereocenters. The predicted molar refractivity (Wildman–Crippen MR) is 217 cm³/mol. The molecule has 52 heavy (non-hydrogen) atoms. The molecule has 0 bridgehead atoms. The summed E-state index contributed by atoms with van der Waals surface area (Å²) >= 11 is 0. The third-order valence-corrected chi connectivity index (χ3v) is 10.5. The van der Waals surface area contributed by atoms with Crippen molar-refractivity contribution in [1.29, 1.82) is 0 Å². The van der Waals surface area contributed by atoms with Crippen molar-refractivity contribution >= 4 is 65.4 Å². The summed E-state index contributed by atoms with van der Waals surface area (Å²) in [5, 5.41) is 7.25. The Balaban J connectivity index is 1.25. The Bertz CT molecular complexity index is 3160. The summed E-state index contributed by atoms with van der Waals surface area (Å²) in [6.45, 7) is 0. The van der Waals surface area contributed by atoms with E-state index in [1.54, 1.807) is 0 Å². The van der Waals surface area contributed by atoms with Crippen molar-refractivity contribution < 1.29 is 0 Å². The number of fused-ring (bicyclic) bond motifs is 10. The first-order chi connectivity index (χ1) is 25.8. The molecule has 11 aromatic rings. The van der Waals surface area contributed by atoms with E-state index in [0.29, 0.717) is 0 Å². The predicted octanol–water partition coefficient (Wildman–Crippen LogP) is 12.3. The second kappa shape index (κ2) is 11.2. The molecule has 3 heterocycles. The zero-order valence-electron chi connectivity index (χ0n) is 28.1. The van der Waals surface area contributed by atoms with Crippen molar-refractivity contribution in [1.82, 2.24) is 19.1 Å². The first kappa shape index (κ1) is 28.8. The second-order valence-electron chi connectivity index (χ2n) is 13.4. The standard InChI is InChI=1S/C48H30N4/c1-3-13-31(14-4-1)32-23-25-33(26-24-32)46-48(50-41-20-10-9-19-40(41)49-46)52-42-21-11-7-17-35(42)37-28-27-36-38(47(37)52)29-30-44-45(36)39-18-8-12-22-43(39)51(44)34-15-5-2-6-16-34/h1-30H. The lowest BCUT2D eigenvalue weighted by Crippen LogP contribution is -2.04. The molecule has 8 aromatic carbocycles. The highest BCUT2D eigenvalue weighted by Crippen LogP contribution is 2.43. The summed E-state index contributed by atoms with van der Waals surface area (Å²) in [5.41, 5.74) is 11.7. The average molecular weight is 663 g/mol. The van der Waals surface area contributed by atoms with Crippen molar-refractivity contribution in [2.45, 2.75) is 0 Å². The number of benzene rings is 8. The van der Waals surface area contributed by atoms with Gasteiger partial charge in [0.15, 0.2) is 5.82 Å². The lowest BCUT2D eigenvalue weighted by Gasteiger charge is -2.15. The van der Waals surface area contributed by atoms with Gasteiger partial charge in [-0.15, -0.1) is 0 Å². The molecule has 4 nitrogen and oxygen atoms in total. The number of rotatable bonds is 4. The van der Waals surface area contributed by atoms with Crippen LogP contribution in [0.1, 0.15) is 0 Å². The van der Waals surface area contributed by atoms with Gasteiger partial charge in [-0.1, -0.05) is 140 Å². The van der Waals surface area contributed by atoms with Crippen LogP contribution >= 0.6 is 0 Å². The zero-order valence-corrected chi connectivity index (χ0v) is 28.1. The van der Waals surface area contributed by atoms with Crippen molar-refractivity contribution in [3.63, 3.8) is 0 Å². The van der Waals surface area contributed by atoms with E-state index in [9.17, 15) is 0 Å². The van der Waals surface area contributed by atoms with Gasteiger partial charge in [0, 0.05) is 38.2 Å². The maximum Gasteiger partial charge on any atom is 0.165 e. The van der Waals surface area contributed by atoms with Crippen molar-refractivity contribution in [3.8, 4) is 33.9 Å². The van der Waals surface area contributed by atoms with Gasteiger partial charge in [-0.25, -0.2) is 9.97 Å². The fourth-order valence-corrected chi connectivity index (χ4v) is 8.20. The molecule has 0 amide bonds. The number of para-hydroxylation sites is 5. The molecule has 0 saturated carbocycles. The summed E-state index contributed by atoms with van der Waals surface area (Å²) in [7, 11) is 0. The van der Waals surface area contributed by atoms with E-state index in [0.717, 1.165) is 44.8 Å². The number of hydrogen-bond acceptors (Lipinski definition) is 2. The molecule has 0 saturated heterocycles. The Morgan fingerprint density at radius 3 is 1.63 bits per heavy atom. The van der Waals surface area contributed by atoms with Crippen LogP contribution in [-0.4, -0.2) is 19.1 Å². The van der Waals surface area contributed by atoms with Crippen LogP contribution in [-0.2, 0) is 0 Å². The van der Waals surface area contributed by atoms with Gasteiger partial charge in [-0.3, -0.25) is 4.57 Å². The van der Waals surface area contributed by atoms with Crippen molar-refractivity contribution in [2.24, 2.45) is 0 Å². The second-order valence-corrected chi connectivity index (χ2v) is 13.4. The van der Waals surface area contributed by atoms with Gasteiger partial charge in [0.1, 0.15) is 5.69 Å². The smallest absolute Gasteiger partial charge is 0.165 e. The Morgan fingerprint density at radius 1 is 0.327 bits per heavy atom. The maximum absolute atomic E-state index is 5.43. The van der Waals surface area contributed by atoms with E-state index in [1.807, 2.05) is 12.1 Å². The SMILES string of the molecule is c1ccc(-c2ccc(-c3nc4ccccc4nc3-n3c4ccccc4c4ccc5c(ccc6c5c5ccccc5n6-c5ccccc5)c43)cc2)cc1. The van der Waals surface area contributed by atoms with Gasteiger partial charge in [-0.05, 0) is 59.0 Å². The Hall–Kier alpha value is -7.04. The Morgan fingerprint density at radius 2 is 0.865 bits per heavy atom. The molecule has 0 aliphatic carbocycles. The molecule has 0 aliphatic heterocycles. The summed E-state index contributed by atoms with van der Waals surface area (Å²) in [6, 6.07) is 64.7. The molecular formula is C48H30N4. The number of aromatic nitrogens is 4. The molecule has 4 heteroatoms. The van der Waals surface area contributed by atoms with Crippen LogP contribution in [0.5, 0.6) is 0 Å². The van der Waals surface area contributed by atoms with E-state index in [4.69, 9.17) is 9.97 Å². The molecule has 0 N–H and O–H groups in total. The van der Waals surface area contributed by atoms with Crippen LogP contribution < -0.4 is 0 Å². The average Bonchev–Trinajstić information content (AvgIpc) is 3.74. The Labute approximate surface area is 299 Å².